The number of carboxylic acid groups (broad SMARTS) is 1. The number of benzene rings is 2. The van der Waals surface area contributed by atoms with Crippen LogP contribution in [-0.4, -0.2) is 20.6 Å². The van der Waals surface area contributed by atoms with Crippen LogP contribution in [0.5, 0.6) is 0 Å². The van der Waals surface area contributed by atoms with E-state index in [1.807, 2.05) is 19.3 Å². The molecule has 0 unspecified atom stereocenters. The fourth-order valence-electron chi connectivity index (χ4n) is 3.99. The normalized spacial score (nSPS) is 13.5. The van der Waals surface area contributed by atoms with Gasteiger partial charge < -0.3 is 15.0 Å². The molecule has 2 aromatic carbocycles. The first kappa shape index (κ1) is 18.4. The van der Waals surface area contributed by atoms with Crippen molar-refractivity contribution < 1.29 is 9.90 Å². The summed E-state index contributed by atoms with van der Waals surface area (Å²) in [5, 5.41) is 14.1. The highest BCUT2D eigenvalue weighted by Gasteiger charge is 2.26. The predicted molar refractivity (Wildman–Crippen MR) is 120 cm³/mol. The van der Waals surface area contributed by atoms with E-state index in [4.69, 9.17) is 0 Å². The minimum Gasteiger partial charge on any atom is -0.478 e. The van der Waals surface area contributed by atoms with Gasteiger partial charge in [0.15, 0.2) is 0 Å². The molecule has 30 heavy (non-hydrogen) atoms. The van der Waals surface area contributed by atoms with Gasteiger partial charge in [0.2, 0.25) is 0 Å². The fraction of sp³-hybridized carbons (Fsp3) is 0.200. The Kier molecular flexibility index (Phi) is 4.31. The van der Waals surface area contributed by atoms with Crippen LogP contribution in [0.15, 0.2) is 60.9 Å². The van der Waals surface area contributed by atoms with Crippen molar-refractivity contribution in [2.45, 2.75) is 25.7 Å². The van der Waals surface area contributed by atoms with Gasteiger partial charge in [-0.15, -0.1) is 0 Å². The van der Waals surface area contributed by atoms with E-state index in [-0.39, 0.29) is 5.56 Å². The van der Waals surface area contributed by atoms with Crippen molar-refractivity contribution in [1.29, 1.82) is 0 Å². The third-order valence-electron chi connectivity index (χ3n) is 5.78. The van der Waals surface area contributed by atoms with Crippen LogP contribution in [0.4, 0.5) is 11.5 Å². The monoisotopic (exact) mass is 397 g/mol. The molecule has 0 bridgehead atoms. The number of aromatic carboxylic acids is 1. The number of hydrogen-bond acceptors (Lipinski definition) is 3. The SMILES string of the molecule is Cc1ccc(-c2cc(Nc3ncc(C4CC4)cc3C(=O)O)cc3ccn(C)c23)cc1. The second-order valence-corrected chi connectivity index (χ2v) is 8.12. The van der Waals surface area contributed by atoms with Crippen LogP contribution in [0.2, 0.25) is 0 Å². The lowest BCUT2D eigenvalue weighted by Gasteiger charge is -2.14. The van der Waals surface area contributed by atoms with Crippen LogP contribution >= 0.6 is 0 Å². The number of carbonyl (C=O) groups is 1. The van der Waals surface area contributed by atoms with Crippen LogP contribution in [0.1, 0.15) is 40.2 Å². The lowest BCUT2D eigenvalue weighted by molar-refractivity contribution is 0.0697. The highest BCUT2D eigenvalue weighted by atomic mass is 16.4. The topological polar surface area (TPSA) is 67.2 Å². The summed E-state index contributed by atoms with van der Waals surface area (Å²) < 4.78 is 2.11. The average molecular weight is 397 g/mol. The number of nitrogens with zero attached hydrogens (tertiary/aromatic N) is 2. The van der Waals surface area contributed by atoms with Crippen LogP contribution in [0.25, 0.3) is 22.0 Å². The van der Waals surface area contributed by atoms with Crippen LogP contribution in [0.3, 0.4) is 0 Å². The Bertz CT molecular complexity index is 1270. The van der Waals surface area contributed by atoms with Gasteiger partial charge in [-0.1, -0.05) is 29.8 Å². The molecule has 2 heterocycles. The van der Waals surface area contributed by atoms with Gasteiger partial charge in [-0.2, -0.15) is 0 Å². The van der Waals surface area contributed by atoms with Gasteiger partial charge in [0, 0.05) is 36.1 Å². The van der Waals surface area contributed by atoms with Crippen molar-refractivity contribution in [2.75, 3.05) is 5.32 Å². The average Bonchev–Trinajstić information content (AvgIpc) is 3.52. The number of pyridine rings is 1. The number of fused-ring (bicyclic) bond motifs is 1. The van der Waals surface area contributed by atoms with E-state index in [1.165, 1.54) is 5.56 Å². The number of aryl methyl sites for hydroxylation is 2. The first-order valence-electron chi connectivity index (χ1n) is 10.2. The minimum atomic E-state index is -0.966. The Morgan fingerprint density at radius 1 is 1.13 bits per heavy atom. The molecule has 1 aliphatic carbocycles. The number of anilines is 2. The van der Waals surface area contributed by atoms with Gasteiger partial charge in [0.25, 0.3) is 0 Å². The summed E-state index contributed by atoms with van der Waals surface area (Å²) in [6.07, 6.45) is 6.06. The summed E-state index contributed by atoms with van der Waals surface area (Å²) in [6.45, 7) is 2.07. The summed E-state index contributed by atoms with van der Waals surface area (Å²) in [5.41, 5.74) is 6.60. The summed E-state index contributed by atoms with van der Waals surface area (Å²) in [7, 11) is 2.04. The summed E-state index contributed by atoms with van der Waals surface area (Å²) >= 11 is 0. The Morgan fingerprint density at radius 2 is 1.90 bits per heavy atom. The second-order valence-electron chi connectivity index (χ2n) is 8.12. The van der Waals surface area contributed by atoms with E-state index in [0.29, 0.717) is 11.7 Å². The van der Waals surface area contributed by atoms with Gasteiger partial charge in [0.05, 0.1) is 5.52 Å². The molecule has 4 aromatic rings. The molecule has 150 valence electrons. The molecular formula is C25H23N3O2. The zero-order chi connectivity index (χ0) is 20.8. The molecule has 1 saturated carbocycles. The summed E-state index contributed by atoms with van der Waals surface area (Å²) in [6, 6.07) is 16.4. The van der Waals surface area contributed by atoms with Crippen molar-refractivity contribution in [3.63, 3.8) is 0 Å². The molecule has 0 saturated heterocycles. The predicted octanol–water partition coefficient (Wildman–Crippen LogP) is 5.87. The van der Waals surface area contributed by atoms with Gasteiger partial charge in [-0.3, -0.25) is 0 Å². The number of carboxylic acids is 1. The molecule has 0 amide bonds. The van der Waals surface area contributed by atoms with Crippen molar-refractivity contribution in [3.05, 3.63) is 77.6 Å². The zero-order valence-corrected chi connectivity index (χ0v) is 17.0. The molecule has 5 rings (SSSR count). The number of nitrogens with one attached hydrogen (secondary N) is 1. The number of aromatic nitrogens is 2. The molecule has 5 heteroatoms. The van der Waals surface area contributed by atoms with Gasteiger partial charge in [-0.25, -0.2) is 9.78 Å². The smallest absolute Gasteiger partial charge is 0.339 e. The minimum absolute atomic E-state index is 0.212. The number of rotatable bonds is 5. The van der Waals surface area contributed by atoms with E-state index >= 15 is 0 Å². The van der Waals surface area contributed by atoms with E-state index in [2.05, 4.69) is 58.2 Å². The van der Waals surface area contributed by atoms with Crippen molar-refractivity contribution >= 4 is 28.4 Å². The molecular weight excluding hydrogens is 374 g/mol. The molecule has 0 spiro atoms. The first-order chi connectivity index (χ1) is 14.5. The maximum Gasteiger partial charge on any atom is 0.339 e. The van der Waals surface area contributed by atoms with Gasteiger partial charge >= 0.3 is 5.97 Å². The van der Waals surface area contributed by atoms with Crippen LogP contribution in [0, 0.1) is 6.92 Å². The van der Waals surface area contributed by atoms with Crippen molar-refractivity contribution in [1.82, 2.24) is 9.55 Å². The number of hydrogen-bond donors (Lipinski definition) is 2. The Hall–Kier alpha value is -3.60. The maximum absolute atomic E-state index is 11.9. The quantitative estimate of drug-likeness (QED) is 0.442. The molecule has 1 fully saturated rings. The zero-order valence-electron chi connectivity index (χ0n) is 17.0. The Labute approximate surface area is 175 Å². The molecule has 2 aromatic heterocycles. The summed E-state index contributed by atoms with van der Waals surface area (Å²) in [5.74, 6) is -0.137. The van der Waals surface area contributed by atoms with E-state index in [1.54, 1.807) is 12.3 Å². The molecule has 2 N–H and O–H groups in total. The summed E-state index contributed by atoms with van der Waals surface area (Å²) in [4.78, 5) is 16.3. The highest BCUT2D eigenvalue weighted by Crippen LogP contribution is 2.41. The molecule has 0 radical (unpaired) electrons. The van der Waals surface area contributed by atoms with E-state index in [0.717, 1.165) is 46.1 Å². The van der Waals surface area contributed by atoms with E-state index < -0.39 is 5.97 Å². The lowest BCUT2D eigenvalue weighted by Crippen LogP contribution is -2.06. The molecule has 1 aliphatic rings. The largest absolute Gasteiger partial charge is 0.478 e. The Balaban J connectivity index is 1.60. The standard InChI is InChI=1S/C25H23N3O2/c1-15-3-5-17(6-4-15)21-13-20(11-18-9-10-28(2)23(18)21)27-24-22(25(29)30)12-19(14-26-24)16-7-8-16/h3-6,9-14,16H,7-8H2,1-2H3,(H,26,27)(H,29,30). The molecule has 5 nitrogen and oxygen atoms in total. The van der Waals surface area contributed by atoms with E-state index in [9.17, 15) is 9.90 Å². The van der Waals surface area contributed by atoms with Gasteiger partial charge in [0.1, 0.15) is 11.4 Å². The Morgan fingerprint density at radius 3 is 2.60 bits per heavy atom. The second kappa shape index (κ2) is 7.02. The van der Waals surface area contributed by atoms with Crippen LogP contribution in [-0.2, 0) is 7.05 Å². The molecule has 0 aliphatic heterocycles. The van der Waals surface area contributed by atoms with Gasteiger partial charge in [-0.05, 0) is 61.1 Å². The van der Waals surface area contributed by atoms with Crippen LogP contribution < -0.4 is 5.32 Å². The molecule has 0 atom stereocenters. The van der Waals surface area contributed by atoms with Crippen molar-refractivity contribution in [3.8, 4) is 11.1 Å². The van der Waals surface area contributed by atoms with Crippen molar-refractivity contribution in [2.24, 2.45) is 7.05 Å². The first-order valence-corrected chi connectivity index (χ1v) is 10.2. The lowest BCUT2D eigenvalue weighted by atomic mass is 10.0. The third-order valence-corrected chi connectivity index (χ3v) is 5.78. The fourth-order valence-corrected chi connectivity index (χ4v) is 3.99. The maximum atomic E-state index is 11.9. The highest BCUT2D eigenvalue weighted by molar-refractivity contribution is 5.99. The third kappa shape index (κ3) is 3.32.